The molecule has 1 atom stereocenters. The summed E-state index contributed by atoms with van der Waals surface area (Å²) in [6.45, 7) is 7.55. The van der Waals surface area contributed by atoms with Gasteiger partial charge in [0.15, 0.2) is 0 Å². The Morgan fingerprint density at radius 1 is 0.978 bits per heavy atom. The van der Waals surface area contributed by atoms with Gasteiger partial charge >= 0.3 is 0 Å². The maximum Gasteiger partial charge on any atom is 0.264 e. The standard InChI is InChI=1S/C33H39N7O5S/c1-22-18-23(2)40(36-22)27-10-12-28(13-11-27)46(43,44)37-33(34-26-9-14-30-25(20-26)19-24(3)45-30)35-29-8-4-5-17-39(32(29)42)21-31(41)38-15-6-7-16-38/h9-14,18-20,29H,4-8,15-17,21H2,1-3H3,(H2,34,35,37). The number of aryl methyl sites for hydroxylation is 3. The molecule has 0 saturated carbocycles. The van der Waals surface area contributed by atoms with E-state index >= 15 is 0 Å². The smallest absolute Gasteiger partial charge is 0.264 e. The number of anilines is 1. The van der Waals surface area contributed by atoms with Crippen LogP contribution in [0, 0.1) is 20.8 Å². The van der Waals surface area contributed by atoms with Crippen molar-refractivity contribution in [2.75, 3.05) is 31.5 Å². The Hall–Kier alpha value is -4.65. The van der Waals surface area contributed by atoms with Crippen LogP contribution in [0.4, 0.5) is 5.69 Å². The van der Waals surface area contributed by atoms with Crippen molar-refractivity contribution in [1.82, 2.24) is 24.3 Å². The molecular formula is C33H39N7O5S. The quantitative estimate of drug-likeness (QED) is 0.226. The van der Waals surface area contributed by atoms with Crippen molar-refractivity contribution in [3.63, 3.8) is 0 Å². The summed E-state index contributed by atoms with van der Waals surface area (Å²) in [4.78, 5) is 34.7. The number of nitrogens with zero attached hydrogens (tertiary/aromatic N) is 5. The van der Waals surface area contributed by atoms with Crippen LogP contribution in [0.15, 0.2) is 68.9 Å². The van der Waals surface area contributed by atoms with Crippen molar-refractivity contribution in [1.29, 1.82) is 0 Å². The Kier molecular flexibility index (Phi) is 8.85. The average Bonchev–Trinajstić information content (AvgIpc) is 3.74. The molecule has 0 bridgehead atoms. The third-order valence-electron chi connectivity index (χ3n) is 8.36. The molecule has 242 valence electrons. The van der Waals surface area contributed by atoms with Crippen molar-refractivity contribution < 1.29 is 22.4 Å². The lowest BCUT2D eigenvalue weighted by Crippen LogP contribution is -2.45. The number of aliphatic imine (C=N–C) groups is 1. The molecule has 13 heteroatoms. The van der Waals surface area contributed by atoms with Crippen LogP contribution in [0.1, 0.15) is 49.3 Å². The lowest BCUT2D eigenvalue weighted by molar-refractivity contribution is -0.140. The minimum absolute atomic E-state index is 0.00253. The highest BCUT2D eigenvalue weighted by Gasteiger charge is 2.31. The number of benzene rings is 2. The zero-order chi connectivity index (χ0) is 32.4. The van der Waals surface area contributed by atoms with Gasteiger partial charge in [0.2, 0.25) is 17.8 Å². The largest absolute Gasteiger partial charge is 0.461 e. The molecule has 2 aliphatic heterocycles. The molecule has 2 fully saturated rings. The van der Waals surface area contributed by atoms with Crippen LogP contribution in [0.3, 0.4) is 0 Å². The molecule has 46 heavy (non-hydrogen) atoms. The molecule has 2 aromatic carbocycles. The predicted molar refractivity (Wildman–Crippen MR) is 175 cm³/mol. The summed E-state index contributed by atoms with van der Waals surface area (Å²) in [5, 5.41) is 8.41. The van der Waals surface area contributed by atoms with Gasteiger partial charge in [-0.1, -0.05) is 0 Å². The number of guanidine groups is 1. The fourth-order valence-electron chi connectivity index (χ4n) is 6.06. The van der Waals surface area contributed by atoms with Crippen molar-refractivity contribution in [2.45, 2.75) is 63.8 Å². The summed E-state index contributed by atoms with van der Waals surface area (Å²) < 4.78 is 37.4. The van der Waals surface area contributed by atoms with Gasteiger partial charge in [0.1, 0.15) is 17.4 Å². The maximum atomic E-state index is 13.7. The normalized spacial score (nSPS) is 17.8. The minimum Gasteiger partial charge on any atom is -0.461 e. The van der Waals surface area contributed by atoms with Gasteiger partial charge < -0.3 is 19.5 Å². The highest BCUT2D eigenvalue weighted by atomic mass is 32.2. The molecule has 0 radical (unpaired) electrons. The number of carbonyl (C=O) groups excluding carboxylic acids is 2. The zero-order valence-electron chi connectivity index (χ0n) is 26.3. The van der Waals surface area contributed by atoms with Crippen LogP contribution in [0.5, 0.6) is 0 Å². The van der Waals surface area contributed by atoms with Crippen molar-refractivity contribution >= 4 is 44.5 Å². The van der Waals surface area contributed by atoms with Crippen LogP contribution in [0.2, 0.25) is 0 Å². The van der Waals surface area contributed by atoms with E-state index in [1.165, 1.54) is 12.1 Å². The summed E-state index contributed by atoms with van der Waals surface area (Å²) in [7, 11) is -4.12. The summed E-state index contributed by atoms with van der Waals surface area (Å²) in [5.41, 5.74) is 3.78. The van der Waals surface area contributed by atoms with E-state index in [0.29, 0.717) is 43.7 Å². The third kappa shape index (κ3) is 6.94. The summed E-state index contributed by atoms with van der Waals surface area (Å²) in [5.74, 6) is 0.299. The molecule has 6 rings (SSSR count). The summed E-state index contributed by atoms with van der Waals surface area (Å²) in [6.07, 6.45) is 3.81. The number of likely N-dealkylation sites (tertiary alicyclic amines) is 2. The van der Waals surface area contributed by atoms with Crippen LogP contribution < -0.4 is 10.0 Å². The number of aromatic nitrogens is 2. The van der Waals surface area contributed by atoms with Crippen molar-refractivity contribution in [3.05, 3.63) is 71.7 Å². The van der Waals surface area contributed by atoms with E-state index in [0.717, 1.165) is 47.5 Å². The van der Waals surface area contributed by atoms with Gasteiger partial charge in [-0.2, -0.15) is 5.10 Å². The van der Waals surface area contributed by atoms with Gasteiger partial charge in [0.05, 0.1) is 22.8 Å². The number of rotatable bonds is 7. The molecular weight excluding hydrogens is 606 g/mol. The first-order chi connectivity index (χ1) is 22.1. The minimum atomic E-state index is -4.12. The molecule has 12 nitrogen and oxygen atoms in total. The van der Waals surface area contributed by atoms with Gasteiger partial charge in [-0.15, -0.1) is 0 Å². The first-order valence-electron chi connectivity index (χ1n) is 15.6. The Morgan fingerprint density at radius 3 is 2.43 bits per heavy atom. The number of nitrogens with one attached hydrogen (secondary N) is 2. The van der Waals surface area contributed by atoms with Crippen molar-refractivity contribution in [2.24, 2.45) is 4.99 Å². The van der Waals surface area contributed by atoms with Gasteiger partial charge in [0.25, 0.3) is 10.0 Å². The first kappa shape index (κ1) is 31.3. The second kappa shape index (κ2) is 13.0. The van der Waals surface area contributed by atoms with E-state index in [4.69, 9.17) is 4.42 Å². The van der Waals surface area contributed by atoms with Gasteiger partial charge in [-0.25, -0.2) is 22.8 Å². The molecule has 4 heterocycles. The van der Waals surface area contributed by atoms with E-state index in [1.807, 2.05) is 39.0 Å². The number of fused-ring (bicyclic) bond motifs is 1. The van der Waals surface area contributed by atoms with Crippen LogP contribution in [-0.4, -0.2) is 78.0 Å². The van der Waals surface area contributed by atoms with Crippen LogP contribution >= 0.6 is 0 Å². The molecule has 0 aliphatic carbocycles. The molecule has 2 amide bonds. The van der Waals surface area contributed by atoms with Crippen LogP contribution in [-0.2, 0) is 19.6 Å². The highest BCUT2D eigenvalue weighted by Crippen LogP contribution is 2.24. The van der Waals surface area contributed by atoms with Gasteiger partial charge in [-0.3, -0.25) is 9.59 Å². The number of hydrogen-bond donors (Lipinski definition) is 2. The Bertz CT molecular complexity index is 1890. The van der Waals surface area contributed by atoms with E-state index in [1.54, 1.807) is 38.7 Å². The first-order valence-corrected chi connectivity index (χ1v) is 17.1. The average molecular weight is 646 g/mol. The Labute approximate surface area is 268 Å². The molecule has 2 saturated heterocycles. The molecule has 2 aliphatic rings. The third-order valence-corrected chi connectivity index (χ3v) is 9.71. The maximum absolute atomic E-state index is 13.7. The number of sulfonamides is 1. The Morgan fingerprint density at radius 2 is 1.72 bits per heavy atom. The number of amides is 2. The summed E-state index contributed by atoms with van der Waals surface area (Å²) >= 11 is 0. The molecule has 2 N–H and O–H groups in total. The molecule has 2 aromatic heterocycles. The van der Waals surface area contributed by atoms with E-state index in [2.05, 4.69) is 20.1 Å². The highest BCUT2D eigenvalue weighted by molar-refractivity contribution is 7.90. The fraction of sp³-hybridized carbons (Fsp3) is 0.394. The van der Waals surface area contributed by atoms with E-state index < -0.39 is 16.1 Å². The topological polar surface area (TPSA) is 142 Å². The predicted octanol–water partition coefficient (Wildman–Crippen LogP) is 4.29. The zero-order valence-corrected chi connectivity index (χ0v) is 27.1. The summed E-state index contributed by atoms with van der Waals surface area (Å²) in [6, 6.07) is 14.7. The number of furan rings is 1. The van der Waals surface area contributed by atoms with Crippen LogP contribution in [0.25, 0.3) is 16.7 Å². The number of carbonyl (C=O) groups is 2. The number of hydrogen-bond acceptors (Lipinski definition) is 7. The van der Waals surface area contributed by atoms with Crippen molar-refractivity contribution in [3.8, 4) is 5.69 Å². The van der Waals surface area contributed by atoms with E-state index in [-0.39, 0.29) is 29.2 Å². The lowest BCUT2D eigenvalue weighted by Gasteiger charge is -2.25. The SMILES string of the molecule is Cc1cc(C)n(-c2ccc(S(=O)(=O)NC(=NC3CCCCN(CC(=O)N4CCCC4)C3=O)Nc3ccc4oc(C)cc4c3)cc2)n1. The molecule has 4 aromatic rings. The lowest BCUT2D eigenvalue weighted by atomic mass is 10.1. The molecule has 1 unspecified atom stereocenters. The monoisotopic (exact) mass is 645 g/mol. The van der Waals surface area contributed by atoms with Gasteiger partial charge in [-0.05, 0) is 107 Å². The second-order valence-electron chi connectivity index (χ2n) is 12.0. The molecule has 0 spiro atoms. The van der Waals surface area contributed by atoms with E-state index in [9.17, 15) is 18.0 Å². The second-order valence-corrected chi connectivity index (χ2v) is 13.7. The fourth-order valence-corrected chi connectivity index (χ4v) is 7.04. The Balaban J connectivity index is 1.28. The van der Waals surface area contributed by atoms with Gasteiger partial charge in [0, 0.05) is 36.4 Å².